The van der Waals surface area contributed by atoms with Crippen molar-refractivity contribution < 1.29 is 14.3 Å². The molecule has 2 amide bonds. The number of hydrogen-bond acceptors (Lipinski definition) is 7. The lowest BCUT2D eigenvalue weighted by Gasteiger charge is -2.23. The molecular formula is C26H32N6O3. The number of benzene rings is 2. The molecule has 1 atom stereocenters. The lowest BCUT2D eigenvalue weighted by atomic mass is 10.0. The fraction of sp³-hybridized carbons (Fsp3) is 0.423. The molecule has 2 aromatic carbocycles. The van der Waals surface area contributed by atoms with E-state index in [1.165, 1.54) is 18.5 Å². The number of nitrogens with one attached hydrogen (secondary N) is 2. The van der Waals surface area contributed by atoms with Gasteiger partial charge in [0.2, 0.25) is 0 Å². The molecule has 9 nitrogen and oxygen atoms in total. The maximum absolute atomic E-state index is 12.7. The molecule has 35 heavy (non-hydrogen) atoms. The third-order valence-corrected chi connectivity index (χ3v) is 6.79. The van der Waals surface area contributed by atoms with Gasteiger partial charge in [-0.2, -0.15) is 0 Å². The molecule has 3 heterocycles. The van der Waals surface area contributed by atoms with Gasteiger partial charge in [0.25, 0.3) is 0 Å². The highest BCUT2D eigenvalue weighted by Crippen LogP contribution is 2.33. The molecule has 0 aliphatic carbocycles. The second-order valence-electron chi connectivity index (χ2n) is 9.04. The maximum Gasteiger partial charge on any atom is 0.319 e. The van der Waals surface area contributed by atoms with Crippen molar-refractivity contribution in [1.29, 1.82) is 0 Å². The van der Waals surface area contributed by atoms with E-state index in [0.717, 1.165) is 48.7 Å². The van der Waals surface area contributed by atoms with Crippen LogP contribution in [0.25, 0.3) is 0 Å². The van der Waals surface area contributed by atoms with Crippen LogP contribution in [0.3, 0.4) is 0 Å². The van der Waals surface area contributed by atoms with E-state index in [2.05, 4.69) is 42.6 Å². The Morgan fingerprint density at radius 3 is 2.49 bits per heavy atom. The van der Waals surface area contributed by atoms with Crippen LogP contribution < -0.4 is 25.0 Å². The predicted molar refractivity (Wildman–Crippen MR) is 138 cm³/mol. The van der Waals surface area contributed by atoms with Crippen molar-refractivity contribution in [3.63, 3.8) is 0 Å². The molecular weight excluding hydrogens is 444 g/mol. The van der Waals surface area contributed by atoms with E-state index in [4.69, 9.17) is 9.47 Å². The molecule has 2 fully saturated rings. The van der Waals surface area contributed by atoms with Crippen LogP contribution >= 0.6 is 0 Å². The van der Waals surface area contributed by atoms with Crippen molar-refractivity contribution in [1.82, 2.24) is 10.2 Å². The minimum Gasteiger partial charge on any atom is -0.493 e. The Kier molecular flexibility index (Phi) is 6.74. The van der Waals surface area contributed by atoms with Gasteiger partial charge in [-0.15, -0.1) is 0 Å². The number of aliphatic imine (C=N–C) groups is 2. The van der Waals surface area contributed by atoms with Gasteiger partial charge in [-0.05, 0) is 61.2 Å². The number of rotatable bonds is 5. The van der Waals surface area contributed by atoms with Crippen molar-refractivity contribution in [3.05, 3.63) is 47.5 Å². The first kappa shape index (κ1) is 23.0. The number of methoxy groups -OCH3 is 2. The first-order valence-electron chi connectivity index (χ1n) is 12.1. The second kappa shape index (κ2) is 10.2. The van der Waals surface area contributed by atoms with Gasteiger partial charge in [0, 0.05) is 49.2 Å². The molecule has 0 bridgehead atoms. The molecule has 3 aliphatic rings. The minimum absolute atomic E-state index is 0.0189. The van der Waals surface area contributed by atoms with Gasteiger partial charge >= 0.3 is 6.03 Å². The third-order valence-electron chi connectivity index (χ3n) is 6.79. The number of ether oxygens (including phenoxy) is 2. The van der Waals surface area contributed by atoms with Crippen LogP contribution in [0, 0.1) is 0 Å². The summed E-state index contributed by atoms with van der Waals surface area (Å²) in [5.41, 5.74) is 4.01. The van der Waals surface area contributed by atoms with Crippen LogP contribution in [0.1, 0.15) is 30.4 Å². The van der Waals surface area contributed by atoms with Gasteiger partial charge in [0.05, 0.1) is 20.8 Å². The van der Waals surface area contributed by atoms with E-state index in [0.29, 0.717) is 24.6 Å². The van der Waals surface area contributed by atoms with Crippen molar-refractivity contribution in [2.75, 3.05) is 50.6 Å². The van der Waals surface area contributed by atoms with Crippen LogP contribution in [0.4, 0.5) is 16.2 Å². The Bertz CT molecular complexity index is 1120. The zero-order chi connectivity index (χ0) is 24.2. The van der Waals surface area contributed by atoms with E-state index in [9.17, 15) is 4.79 Å². The summed E-state index contributed by atoms with van der Waals surface area (Å²) in [6.45, 7) is 4.19. The number of carbonyl (C=O) groups excluding carboxylic acids is 1. The number of urea groups is 1. The quantitative estimate of drug-likeness (QED) is 0.690. The van der Waals surface area contributed by atoms with E-state index in [1.54, 1.807) is 20.6 Å². The summed E-state index contributed by atoms with van der Waals surface area (Å²) in [4.78, 5) is 26.2. The average molecular weight is 477 g/mol. The van der Waals surface area contributed by atoms with Crippen LogP contribution in [0.5, 0.6) is 11.5 Å². The number of carbonyl (C=O) groups is 1. The Morgan fingerprint density at radius 2 is 1.74 bits per heavy atom. The SMILES string of the molecule is COc1cc2c(cc1OC)C(N1CCC(NC(=O)Nc3ccc(N4CCCC4)cc3)C1)=NC=NC2. The topological polar surface area (TPSA) is 90.8 Å². The number of hydrogen-bond donors (Lipinski definition) is 2. The maximum atomic E-state index is 12.7. The normalized spacial score (nSPS) is 19.1. The number of likely N-dealkylation sites (tertiary alicyclic amines) is 1. The fourth-order valence-corrected chi connectivity index (χ4v) is 4.97. The molecule has 0 radical (unpaired) electrons. The summed E-state index contributed by atoms with van der Waals surface area (Å²) in [6.07, 6.45) is 4.92. The molecule has 0 spiro atoms. The van der Waals surface area contributed by atoms with Crippen molar-refractivity contribution in [2.24, 2.45) is 9.98 Å². The molecule has 2 saturated heterocycles. The highest BCUT2D eigenvalue weighted by atomic mass is 16.5. The van der Waals surface area contributed by atoms with E-state index < -0.39 is 0 Å². The molecule has 9 heteroatoms. The summed E-state index contributed by atoms with van der Waals surface area (Å²) in [7, 11) is 3.26. The van der Waals surface area contributed by atoms with Crippen LogP contribution in [-0.2, 0) is 6.54 Å². The summed E-state index contributed by atoms with van der Waals surface area (Å²) < 4.78 is 11.0. The highest BCUT2D eigenvalue weighted by Gasteiger charge is 2.29. The summed E-state index contributed by atoms with van der Waals surface area (Å²) in [6, 6.07) is 11.8. The van der Waals surface area contributed by atoms with Crippen molar-refractivity contribution in [2.45, 2.75) is 31.8 Å². The zero-order valence-corrected chi connectivity index (χ0v) is 20.3. The van der Waals surface area contributed by atoms with Gasteiger partial charge in [-0.25, -0.2) is 9.79 Å². The van der Waals surface area contributed by atoms with Gasteiger partial charge in [-0.3, -0.25) is 4.99 Å². The lowest BCUT2D eigenvalue weighted by molar-refractivity contribution is 0.248. The molecule has 0 aromatic heterocycles. The smallest absolute Gasteiger partial charge is 0.319 e. The van der Waals surface area contributed by atoms with Gasteiger partial charge in [0.15, 0.2) is 11.5 Å². The molecule has 0 saturated carbocycles. The Hall–Kier alpha value is -3.75. The van der Waals surface area contributed by atoms with Gasteiger partial charge in [0.1, 0.15) is 12.2 Å². The summed E-state index contributed by atoms with van der Waals surface area (Å²) in [5, 5.41) is 6.08. The minimum atomic E-state index is -0.193. The number of anilines is 2. The largest absolute Gasteiger partial charge is 0.493 e. The Balaban J connectivity index is 1.21. The molecule has 184 valence electrons. The van der Waals surface area contributed by atoms with Gasteiger partial charge in [-0.1, -0.05) is 0 Å². The van der Waals surface area contributed by atoms with Crippen LogP contribution in [-0.4, -0.2) is 69.5 Å². The molecule has 3 aliphatic heterocycles. The zero-order valence-electron chi connectivity index (χ0n) is 20.3. The predicted octanol–water partition coefficient (Wildman–Crippen LogP) is 3.49. The van der Waals surface area contributed by atoms with E-state index in [-0.39, 0.29) is 12.1 Å². The van der Waals surface area contributed by atoms with Crippen LogP contribution in [0.2, 0.25) is 0 Å². The summed E-state index contributed by atoms with van der Waals surface area (Å²) in [5.74, 6) is 2.17. The Labute approximate surface area is 205 Å². The number of nitrogens with zero attached hydrogens (tertiary/aromatic N) is 4. The van der Waals surface area contributed by atoms with E-state index >= 15 is 0 Å². The molecule has 2 N–H and O–H groups in total. The van der Waals surface area contributed by atoms with Gasteiger partial charge < -0.3 is 29.9 Å². The van der Waals surface area contributed by atoms with Crippen molar-refractivity contribution >= 4 is 29.6 Å². The third kappa shape index (κ3) is 5.03. The fourth-order valence-electron chi connectivity index (χ4n) is 4.97. The van der Waals surface area contributed by atoms with E-state index in [1.807, 2.05) is 24.3 Å². The number of fused-ring (bicyclic) bond motifs is 1. The molecule has 1 unspecified atom stereocenters. The molecule has 2 aromatic rings. The highest BCUT2D eigenvalue weighted by molar-refractivity contribution is 6.05. The molecule has 5 rings (SSSR count). The Morgan fingerprint density at radius 1 is 1.00 bits per heavy atom. The first-order valence-corrected chi connectivity index (χ1v) is 12.1. The monoisotopic (exact) mass is 476 g/mol. The first-order chi connectivity index (χ1) is 17.1. The van der Waals surface area contributed by atoms with Crippen LogP contribution in [0.15, 0.2) is 46.4 Å². The summed E-state index contributed by atoms with van der Waals surface area (Å²) >= 11 is 0. The second-order valence-corrected chi connectivity index (χ2v) is 9.04. The standard InChI is InChI=1S/C26H32N6O3/c1-34-23-13-18-15-27-17-28-25(22(18)14-24(23)35-2)32-12-9-20(16-32)30-26(33)29-19-5-7-21(8-6-19)31-10-3-4-11-31/h5-8,13-14,17,20H,3-4,9-12,15-16H2,1-2H3,(H2,29,30,33). The number of amidine groups is 1. The number of amides is 2. The lowest BCUT2D eigenvalue weighted by Crippen LogP contribution is -2.40. The average Bonchev–Trinajstić information content (AvgIpc) is 3.53. The van der Waals surface area contributed by atoms with Crippen molar-refractivity contribution in [3.8, 4) is 11.5 Å².